The van der Waals surface area contributed by atoms with Crippen LogP contribution in [0.1, 0.15) is 11.1 Å². The molecule has 29 heavy (non-hydrogen) atoms. The average Bonchev–Trinajstić information content (AvgIpc) is 2.68. The number of carbonyl (C=O) groups is 1. The van der Waals surface area contributed by atoms with Crippen LogP contribution in [-0.4, -0.2) is 30.0 Å². The predicted octanol–water partition coefficient (Wildman–Crippen LogP) is 2.95. The summed E-state index contributed by atoms with van der Waals surface area (Å²) in [7, 11) is -3.97. The summed E-state index contributed by atoms with van der Waals surface area (Å²) >= 11 is 1.01. The SMILES string of the molecule is Cc1ccc(NC(=O)CSc2ncc(S(=O)(=O)c3ccc(C)cc3)c(=O)[nH]2)cc1. The second kappa shape index (κ2) is 8.62. The van der Waals surface area contributed by atoms with Gasteiger partial charge in [-0.3, -0.25) is 9.59 Å². The molecule has 1 aromatic heterocycles. The van der Waals surface area contributed by atoms with Crippen LogP contribution >= 0.6 is 11.8 Å². The molecule has 3 aromatic rings. The van der Waals surface area contributed by atoms with Gasteiger partial charge in [-0.05, 0) is 38.1 Å². The lowest BCUT2D eigenvalue weighted by molar-refractivity contribution is -0.113. The molecule has 0 unspecified atom stereocenters. The number of hydrogen-bond acceptors (Lipinski definition) is 6. The lowest BCUT2D eigenvalue weighted by Crippen LogP contribution is -2.20. The van der Waals surface area contributed by atoms with Crippen LogP contribution in [0, 0.1) is 13.8 Å². The third-order valence-electron chi connectivity index (χ3n) is 4.04. The minimum Gasteiger partial charge on any atom is -0.325 e. The van der Waals surface area contributed by atoms with Crippen molar-refractivity contribution in [3.05, 3.63) is 76.2 Å². The monoisotopic (exact) mass is 429 g/mol. The zero-order chi connectivity index (χ0) is 21.0. The molecule has 2 aromatic carbocycles. The van der Waals surface area contributed by atoms with Gasteiger partial charge in [0.2, 0.25) is 15.7 Å². The molecule has 0 aliphatic rings. The maximum Gasteiger partial charge on any atom is 0.270 e. The van der Waals surface area contributed by atoms with E-state index in [0.29, 0.717) is 5.69 Å². The highest BCUT2D eigenvalue weighted by molar-refractivity contribution is 7.99. The first-order valence-corrected chi connectivity index (χ1v) is 11.1. The van der Waals surface area contributed by atoms with Gasteiger partial charge in [0, 0.05) is 5.69 Å². The van der Waals surface area contributed by atoms with Gasteiger partial charge in [0.15, 0.2) is 10.1 Å². The Morgan fingerprint density at radius 1 is 1.03 bits per heavy atom. The van der Waals surface area contributed by atoms with E-state index in [0.717, 1.165) is 29.1 Å². The Balaban J connectivity index is 1.69. The molecule has 1 amide bonds. The molecule has 9 heteroatoms. The number of anilines is 1. The Hall–Kier alpha value is -2.91. The normalized spacial score (nSPS) is 11.2. The first kappa shape index (κ1) is 20.8. The van der Waals surface area contributed by atoms with Gasteiger partial charge in [0.1, 0.15) is 0 Å². The van der Waals surface area contributed by atoms with Crippen molar-refractivity contribution < 1.29 is 13.2 Å². The average molecular weight is 430 g/mol. The van der Waals surface area contributed by atoms with E-state index in [-0.39, 0.29) is 21.7 Å². The van der Waals surface area contributed by atoms with Crippen molar-refractivity contribution in [3.8, 4) is 0 Å². The summed E-state index contributed by atoms with van der Waals surface area (Å²) in [5.74, 6) is -0.251. The number of thioether (sulfide) groups is 1. The zero-order valence-electron chi connectivity index (χ0n) is 15.8. The smallest absolute Gasteiger partial charge is 0.270 e. The molecule has 3 rings (SSSR count). The summed E-state index contributed by atoms with van der Waals surface area (Å²) in [5, 5.41) is 2.90. The number of H-pyrrole nitrogens is 1. The summed E-state index contributed by atoms with van der Waals surface area (Å²) in [6.45, 7) is 3.79. The molecule has 0 aliphatic heterocycles. The summed E-state index contributed by atoms with van der Waals surface area (Å²) in [6.07, 6.45) is 1.02. The van der Waals surface area contributed by atoms with Gasteiger partial charge in [-0.15, -0.1) is 0 Å². The van der Waals surface area contributed by atoms with Crippen LogP contribution in [0.15, 0.2) is 74.5 Å². The summed E-state index contributed by atoms with van der Waals surface area (Å²) in [4.78, 5) is 30.4. The molecule has 0 saturated heterocycles. The number of sulfone groups is 1. The van der Waals surface area contributed by atoms with E-state index in [2.05, 4.69) is 15.3 Å². The van der Waals surface area contributed by atoms with E-state index in [4.69, 9.17) is 0 Å². The van der Waals surface area contributed by atoms with E-state index in [1.165, 1.54) is 12.1 Å². The second-order valence-electron chi connectivity index (χ2n) is 6.40. The molecule has 0 fully saturated rings. The van der Waals surface area contributed by atoms with E-state index in [9.17, 15) is 18.0 Å². The van der Waals surface area contributed by atoms with Crippen LogP contribution < -0.4 is 10.9 Å². The third-order valence-corrected chi connectivity index (χ3v) is 6.69. The Bertz CT molecular complexity index is 1190. The molecular weight excluding hydrogens is 410 g/mol. The fourth-order valence-electron chi connectivity index (χ4n) is 2.44. The van der Waals surface area contributed by atoms with Gasteiger partial charge in [0.25, 0.3) is 5.56 Å². The Kier molecular flexibility index (Phi) is 6.19. The Morgan fingerprint density at radius 3 is 2.21 bits per heavy atom. The maximum atomic E-state index is 12.6. The predicted molar refractivity (Wildman–Crippen MR) is 112 cm³/mol. The highest BCUT2D eigenvalue weighted by Crippen LogP contribution is 2.19. The fraction of sp³-hybridized carbons (Fsp3) is 0.150. The van der Waals surface area contributed by atoms with Crippen molar-refractivity contribution in [2.24, 2.45) is 0 Å². The van der Waals surface area contributed by atoms with Gasteiger partial charge in [-0.1, -0.05) is 47.2 Å². The van der Waals surface area contributed by atoms with Gasteiger partial charge < -0.3 is 10.3 Å². The number of nitrogens with zero attached hydrogens (tertiary/aromatic N) is 1. The minimum atomic E-state index is -3.97. The molecule has 0 radical (unpaired) electrons. The molecular formula is C20H19N3O4S2. The molecule has 2 N–H and O–H groups in total. The molecule has 0 saturated carbocycles. The van der Waals surface area contributed by atoms with Crippen molar-refractivity contribution in [1.29, 1.82) is 0 Å². The van der Waals surface area contributed by atoms with Crippen LogP contribution in [0.2, 0.25) is 0 Å². The van der Waals surface area contributed by atoms with E-state index >= 15 is 0 Å². The quantitative estimate of drug-likeness (QED) is 0.461. The highest BCUT2D eigenvalue weighted by atomic mass is 32.2. The first-order chi connectivity index (χ1) is 13.8. The number of nitrogens with one attached hydrogen (secondary N) is 2. The van der Waals surface area contributed by atoms with Crippen molar-refractivity contribution in [1.82, 2.24) is 9.97 Å². The zero-order valence-corrected chi connectivity index (χ0v) is 17.4. The first-order valence-electron chi connectivity index (χ1n) is 8.66. The van der Waals surface area contributed by atoms with Gasteiger partial charge in [-0.25, -0.2) is 13.4 Å². The number of amides is 1. The standard InChI is InChI=1S/C20H19N3O4S2/c1-13-3-7-15(8-4-13)22-18(24)12-28-20-21-11-17(19(25)23-20)29(26,27)16-9-5-14(2)6-10-16/h3-11H,12H2,1-2H3,(H,22,24)(H,21,23,25). The number of aromatic nitrogens is 2. The maximum absolute atomic E-state index is 12.6. The molecule has 1 heterocycles. The molecule has 0 atom stereocenters. The van der Waals surface area contributed by atoms with Gasteiger partial charge in [0.05, 0.1) is 16.8 Å². The summed E-state index contributed by atoms with van der Waals surface area (Å²) in [6, 6.07) is 13.6. The number of carbonyl (C=O) groups excluding carboxylic acids is 1. The second-order valence-corrected chi connectivity index (χ2v) is 9.28. The van der Waals surface area contributed by atoms with Crippen LogP contribution in [-0.2, 0) is 14.6 Å². The van der Waals surface area contributed by atoms with E-state index in [1.807, 2.05) is 26.0 Å². The molecule has 0 spiro atoms. The summed E-state index contributed by atoms with van der Waals surface area (Å²) in [5.41, 5.74) is 1.88. The number of hydrogen-bond donors (Lipinski definition) is 2. The lowest BCUT2D eigenvalue weighted by Gasteiger charge is -2.06. The van der Waals surface area contributed by atoms with E-state index in [1.54, 1.807) is 24.3 Å². The minimum absolute atomic E-state index is 0.0148. The Labute approximate surface area is 172 Å². The van der Waals surface area contributed by atoms with Crippen LogP contribution in [0.25, 0.3) is 0 Å². The number of aryl methyl sites for hydroxylation is 2. The molecule has 150 valence electrons. The largest absolute Gasteiger partial charge is 0.325 e. The topological polar surface area (TPSA) is 109 Å². The van der Waals surface area contributed by atoms with E-state index < -0.39 is 20.3 Å². The Morgan fingerprint density at radius 2 is 1.62 bits per heavy atom. The van der Waals surface area contributed by atoms with Crippen molar-refractivity contribution in [2.45, 2.75) is 28.8 Å². The number of benzene rings is 2. The highest BCUT2D eigenvalue weighted by Gasteiger charge is 2.22. The molecule has 0 aliphatic carbocycles. The van der Waals surface area contributed by atoms with Crippen LogP contribution in [0.3, 0.4) is 0 Å². The lowest BCUT2D eigenvalue weighted by atomic mass is 10.2. The van der Waals surface area contributed by atoms with Crippen molar-refractivity contribution in [3.63, 3.8) is 0 Å². The van der Waals surface area contributed by atoms with Crippen LogP contribution in [0.4, 0.5) is 5.69 Å². The van der Waals surface area contributed by atoms with Gasteiger partial charge >= 0.3 is 0 Å². The van der Waals surface area contributed by atoms with Gasteiger partial charge in [-0.2, -0.15) is 0 Å². The molecule has 7 nitrogen and oxygen atoms in total. The van der Waals surface area contributed by atoms with Crippen molar-refractivity contribution >= 4 is 33.2 Å². The van der Waals surface area contributed by atoms with Crippen LogP contribution in [0.5, 0.6) is 0 Å². The number of aromatic amines is 1. The molecule has 0 bridgehead atoms. The fourth-order valence-corrected chi connectivity index (χ4v) is 4.31. The van der Waals surface area contributed by atoms with Crippen molar-refractivity contribution in [2.75, 3.05) is 11.1 Å². The third kappa shape index (κ3) is 5.12. The number of rotatable bonds is 6. The summed E-state index contributed by atoms with van der Waals surface area (Å²) < 4.78 is 25.3.